The van der Waals surface area contributed by atoms with Gasteiger partial charge in [0, 0.05) is 6.04 Å². The molecule has 4 rings (SSSR count). The molecule has 2 saturated carbocycles. The molecule has 0 aromatic heterocycles. The molecule has 2 bridgehead atoms. The van der Waals surface area contributed by atoms with Crippen LogP contribution in [-0.4, -0.2) is 35.6 Å². The molecule has 2 aromatic rings. The number of aliphatic hydroxyl groups excluding tert-OH is 1. The van der Waals surface area contributed by atoms with Gasteiger partial charge >= 0.3 is 0 Å². The first kappa shape index (κ1) is 19.6. The van der Waals surface area contributed by atoms with Gasteiger partial charge in [-0.25, -0.2) is 0 Å². The maximum Gasteiger partial charge on any atom is 0.245 e. The molecular formula is C24H28N2O3. The lowest BCUT2D eigenvalue weighted by Crippen LogP contribution is -2.53. The van der Waals surface area contributed by atoms with E-state index in [0.29, 0.717) is 11.8 Å². The van der Waals surface area contributed by atoms with Crippen molar-refractivity contribution in [1.82, 2.24) is 10.6 Å². The minimum Gasteiger partial charge on any atom is -0.394 e. The highest BCUT2D eigenvalue weighted by Gasteiger charge is 2.41. The summed E-state index contributed by atoms with van der Waals surface area (Å²) in [5.74, 6) is 0.137. The smallest absolute Gasteiger partial charge is 0.245 e. The Labute approximate surface area is 171 Å². The van der Waals surface area contributed by atoms with E-state index in [1.54, 1.807) is 0 Å². The number of benzene rings is 2. The average molecular weight is 392 g/mol. The second-order valence-electron chi connectivity index (χ2n) is 8.29. The Kier molecular flexibility index (Phi) is 5.95. The molecule has 2 aliphatic carbocycles. The minimum atomic E-state index is -0.948. The Bertz CT molecular complexity index is 800. The van der Waals surface area contributed by atoms with E-state index in [0.717, 1.165) is 24.0 Å². The third-order valence-electron chi connectivity index (χ3n) is 6.41. The highest BCUT2D eigenvalue weighted by molar-refractivity contribution is 5.92. The fourth-order valence-corrected chi connectivity index (χ4v) is 4.94. The summed E-state index contributed by atoms with van der Waals surface area (Å²) in [5.41, 5.74) is 1.70. The van der Waals surface area contributed by atoms with Gasteiger partial charge in [0.15, 0.2) is 0 Å². The van der Waals surface area contributed by atoms with Crippen molar-refractivity contribution in [3.63, 3.8) is 0 Å². The molecule has 0 radical (unpaired) electrons. The number of carbonyl (C=O) groups is 2. The molecule has 0 saturated heterocycles. The van der Waals surface area contributed by atoms with E-state index < -0.39 is 18.6 Å². The van der Waals surface area contributed by atoms with E-state index in [-0.39, 0.29) is 17.9 Å². The first-order valence-corrected chi connectivity index (χ1v) is 10.5. The quantitative estimate of drug-likeness (QED) is 0.678. The van der Waals surface area contributed by atoms with Crippen molar-refractivity contribution >= 4 is 11.8 Å². The molecule has 2 fully saturated rings. The van der Waals surface area contributed by atoms with E-state index in [2.05, 4.69) is 10.6 Å². The number of fused-ring (bicyclic) bond motifs is 2. The van der Waals surface area contributed by atoms with E-state index in [4.69, 9.17) is 0 Å². The van der Waals surface area contributed by atoms with Crippen LogP contribution in [0.25, 0.3) is 0 Å². The highest BCUT2D eigenvalue weighted by atomic mass is 16.3. The summed E-state index contributed by atoms with van der Waals surface area (Å²) < 4.78 is 0. The predicted octanol–water partition coefficient (Wildman–Crippen LogP) is 2.60. The van der Waals surface area contributed by atoms with Crippen LogP contribution in [0.1, 0.15) is 42.7 Å². The van der Waals surface area contributed by atoms with Crippen LogP contribution in [0.4, 0.5) is 0 Å². The first-order chi connectivity index (χ1) is 14.2. The molecule has 3 N–H and O–H groups in total. The van der Waals surface area contributed by atoms with Crippen molar-refractivity contribution in [1.29, 1.82) is 0 Å². The van der Waals surface area contributed by atoms with Gasteiger partial charge in [-0.15, -0.1) is 0 Å². The lowest BCUT2D eigenvalue weighted by atomic mass is 9.90. The SMILES string of the molecule is O=C(N[C@@H](CO)C(=O)NC1CC2CCC1C2)C(c1ccccc1)c1ccccc1. The van der Waals surface area contributed by atoms with Crippen molar-refractivity contribution in [2.45, 2.75) is 43.7 Å². The predicted molar refractivity (Wildman–Crippen MR) is 111 cm³/mol. The summed E-state index contributed by atoms with van der Waals surface area (Å²) >= 11 is 0. The van der Waals surface area contributed by atoms with Crippen LogP contribution in [0.15, 0.2) is 60.7 Å². The fourth-order valence-electron chi connectivity index (χ4n) is 4.94. The summed E-state index contributed by atoms with van der Waals surface area (Å²) in [6.07, 6.45) is 4.62. The maximum atomic E-state index is 13.2. The molecule has 5 nitrogen and oxygen atoms in total. The Morgan fingerprint density at radius 1 is 0.897 bits per heavy atom. The molecule has 2 aliphatic rings. The number of carbonyl (C=O) groups excluding carboxylic acids is 2. The number of nitrogens with one attached hydrogen (secondary N) is 2. The first-order valence-electron chi connectivity index (χ1n) is 10.5. The molecule has 0 aliphatic heterocycles. The Morgan fingerprint density at radius 2 is 1.52 bits per heavy atom. The second-order valence-corrected chi connectivity index (χ2v) is 8.29. The molecule has 5 heteroatoms. The largest absolute Gasteiger partial charge is 0.394 e. The molecular weight excluding hydrogens is 364 g/mol. The third kappa shape index (κ3) is 4.35. The standard InChI is InChI=1S/C24H28N2O3/c27-15-21(23(28)25-20-14-16-11-12-19(20)13-16)26-24(29)22(17-7-3-1-4-8-17)18-9-5-2-6-10-18/h1-10,16,19-22,27H,11-15H2,(H,25,28)(H,26,29)/t16?,19?,20?,21-/m0/s1. The molecule has 4 atom stereocenters. The number of rotatable bonds is 7. The van der Waals surface area contributed by atoms with E-state index in [1.165, 1.54) is 12.8 Å². The van der Waals surface area contributed by atoms with Crippen LogP contribution in [0.2, 0.25) is 0 Å². The maximum absolute atomic E-state index is 13.2. The number of amides is 2. The topological polar surface area (TPSA) is 78.4 Å². The second kappa shape index (κ2) is 8.78. The molecule has 3 unspecified atom stereocenters. The van der Waals surface area contributed by atoms with E-state index in [9.17, 15) is 14.7 Å². The molecule has 0 heterocycles. The highest BCUT2D eigenvalue weighted by Crippen LogP contribution is 2.44. The molecule has 2 amide bonds. The van der Waals surface area contributed by atoms with Gasteiger partial charge in [-0.3, -0.25) is 9.59 Å². The summed E-state index contributed by atoms with van der Waals surface area (Å²) in [6.45, 7) is -0.422. The Hall–Kier alpha value is -2.66. The fraction of sp³-hybridized carbons (Fsp3) is 0.417. The number of hydrogen-bond donors (Lipinski definition) is 3. The van der Waals surface area contributed by atoms with Crippen molar-refractivity contribution in [3.05, 3.63) is 71.8 Å². The minimum absolute atomic E-state index is 0.172. The summed E-state index contributed by atoms with van der Waals surface area (Å²) in [6, 6.07) is 18.2. The van der Waals surface area contributed by atoms with Gasteiger partial charge in [-0.1, -0.05) is 67.1 Å². The summed E-state index contributed by atoms with van der Waals surface area (Å²) in [5, 5.41) is 15.7. The van der Waals surface area contributed by atoms with Crippen LogP contribution in [0, 0.1) is 11.8 Å². The molecule has 2 aromatic carbocycles. The normalized spacial score (nSPS) is 23.7. The summed E-state index contributed by atoms with van der Waals surface area (Å²) in [4.78, 5) is 25.9. The van der Waals surface area contributed by atoms with Crippen molar-refractivity contribution in [2.24, 2.45) is 11.8 Å². The van der Waals surface area contributed by atoms with Gasteiger partial charge in [0.05, 0.1) is 12.5 Å². The zero-order valence-electron chi connectivity index (χ0n) is 16.5. The summed E-state index contributed by atoms with van der Waals surface area (Å²) in [7, 11) is 0. The molecule has 152 valence electrons. The molecule has 29 heavy (non-hydrogen) atoms. The van der Waals surface area contributed by atoms with Crippen LogP contribution in [0.5, 0.6) is 0 Å². The molecule has 0 spiro atoms. The van der Waals surface area contributed by atoms with Gasteiger partial charge in [-0.05, 0) is 42.2 Å². The van der Waals surface area contributed by atoms with Gasteiger partial charge in [0.2, 0.25) is 11.8 Å². The lowest BCUT2D eigenvalue weighted by molar-refractivity contribution is -0.130. The monoisotopic (exact) mass is 392 g/mol. The van der Waals surface area contributed by atoms with Crippen LogP contribution >= 0.6 is 0 Å². The van der Waals surface area contributed by atoms with Gasteiger partial charge in [0.25, 0.3) is 0 Å². The zero-order valence-corrected chi connectivity index (χ0v) is 16.5. The van der Waals surface area contributed by atoms with Crippen LogP contribution in [0.3, 0.4) is 0 Å². The van der Waals surface area contributed by atoms with Gasteiger partial charge < -0.3 is 15.7 Å². The van der Waals surface area contributed by atoms with Crippen molar-refractivity contribution in [3.8, 4) is 0 Å². The van der Waals surface area contributed by atoms with Crippen molar-refractivity contribution < 1.29 is 14.7 Å². The van der Waals surface area contributed by atoms with Gasteiger partial charge in [0.1, 0.15) is 6.04 Å². The number of aliphatic hydroxyl groups is 1. The third-order valence-corrected chi connectivity index (χ3v) is 6.41. The Balaban J connectivity index is 1.47. The van der Waals surface area contributed by atoms with E-state index >= 15 is 0 Å². The van der Waals surface area contributed by atoms with E-state index in [1.807, 2.05) is 60.7 Å². The average Bonchev–Trinajstić information content (AvgIpc) is 3.37. The van der Waals surface area contributed by atoms with Gasteiger partial charge in [-0.2, -0.15) is 0 Å². The lowest BCUT2D eigenvalue weighted by Gasteiger charge is -2.26. The van der Waals surface area contributed by atoms with Crippen molar-refractivity contribution in [2.75, 3.05) is 6.61 Å². The van der Waals surface area contributed by atoms with Crippen LogP contribution < -0.4 is 10.6 Å². The zero-order chi connectivity index (χ0) is 20.2. The van der Waals surface area contributed by atoms with Crippen LogP contribution in [-0.2, 0) is 9.59 Å². The number of hydrogen-bond acceptors (Lipinski definition) is 3. The Morgan fingerprint density at radius 3 is 2.00 bits per heavy atom.